The number of nitrogens with two attached hydrogens (primary N) is 3. The number of hydrazine groups is 1. The maximum Gasteiger partial charge on any atom is 0.165 e. The molecule has 0 atom stereocenters. The van der Waals surface area contributed by atoms with Crippen LogP contribution in [0.2, 0.25) is 0 Å². The Morgan fingerprint density at radius 1 is 0.958 bits per heavy atom. The van der Waals surface area contributed by atoms with Crippen LogP contribution in [0.1, 0.15) is 11.1 Å². The predicted octanol–water partition coefficient (Wildman–Crippen LogP) is 2.93. The highest BCUT2D eigenvalue weighted by atomic mass is 19.1. The Kier molecular flexibility index (Phi) is 4.31. The third-order valence-corrected chi connectivity index (χ3v) is 3.78. The molecule has 24 heavy (non-hydrogen) atoms. The molecule has 0 saturated heterocycles. The molecule has 0 spiro atoms. The Labute approximate surface area is 139 Å². The van der Waals surface area contributed by atoms with Crippen molar-refractivity contribution in [3.8, 4) is 11.1 Å². The summed E-state index contributed by atoms with van der Waals surface area (Å²) in [5.41, 5.74) is 18.4. The fourth-order valence-corrected chi connectivity index (χ4v) is 2.64. The van der Waals surface area contributed by atoms with Crippen molar-refractivity contribution in [2.24, 2.45) is 5.84 Å². The second-order valence-electron chi connectivity index (χ2n) is 5.50. The second-order valence-corrected chi connectivity index (χ2v) is 5.50. The summed E-state index contributed by atoms with van der Waals surface area (Å²) >= 11 is 0. The average Bonchev–Trinajstić information content (AvgIpc) is 2.58. The van der Waals surface area contributed by atoms with Crippen LogP contribution in [0.3, 0.4) is 0 Å². The summed E-state index contributed by atoms with van der Waals surface area (Å²) in [4.78, 5) is 4.04. The van der Waals surface area contributed by atoms with Crippen LogP contribution in [0.4, 0.5) is 21.7 Å². The molecule has 6 heteroatoms. The Morgan fingerprint density at radius 2 is 1.67 bits per heavy atom. The maximum absolute atomic E-state index is 13.4. The molecule has 5 nitrogen and oxygen atoms in total. The first-order valence-corrected chi connectivity index (χ1v) is 7.43. The molecule has 0 aliphatic carbocycles. The number of nitrogens with zero attached hydrogens (tertiary/aromatic N) is 1. The average molecular weight is 323 g/mol. The van der Waals surface area contributed by atoms with E-state index < -0.39 is 0 Å². The summed E-state index contributed by atoms with van der Waals surface area (Å²) in [5.74, 6) is 5.85. The molecule has 0 amide bonds. The van der Waals surface area contributed by atoms with Crippen molar-refractivity contribution in [3.63, 3.8) is 0 Å². The van der Waals surface area contributed by atoms with Crippen molar-refractivity contribution in [1.29, 1.82) is 0 Å². The van der Waals surface area contributed by atoms with Crippen LogP contribution >= 0.6 is 0 Å². The fourth-order valence-electron chi connectivity index (χ4n) is 2.64. The first kappa shape index (κ1) is 15.8. The third-order valence-electron chi connectivity index (χ3n) is 3.78. The number of hydrogen-bond acceptors (Lipinski definition) is 5. The van der Waals surface area contributed by atoms with Gasteiger partial charge in [-0.3, -0.25) is 0 Å². The molecule has 0 fully saturated rings. The van der Waals surface area contributed by atoms with Gasteiger partial charge in [0.05, 0.1) is 5.69 Å². The van der Waals surface area contributed by atoms with E-state index >= 15 is 0 Å². The molecule has 0 unspecified atom stereocenters. The molecule has 7 N–H and O–H groups in total. The smallest absolute Gasteiger partial charge is 0.165 e. The Morgan fingerprint density at radius 3 is 2.38 bits per heavy atom. The highest BCUT2D eigenvalue weighted by molar-refractivity contribution is 5.69. The largest absolute Gasteiger partial charge is 0.395 e. The minimum Gasteiger partial charge on any atom is -0.395 e. The molecule has 2 aromatic carbocycles. The van der Waals surface area contributed by atoms with Crippen molar-refractivity contribution < 1.29 is 4.39 Å². The van der Waals surface area contributed by atoms with E-state index in [4.69, 9.17) is 17.3 Å². The molecule has 122 valence electrons. The topological polar surface area (TPSA) is 103 Å². The van der Waals surface area contributed by atoms with E-state index in [0.29, 0.717) is 23.7 Å². The van der Waals surface area contributed by atoms with Gasteiger partial charge in [-0.15, -0.1) is 0 Å². The minimum absolute atomic E-state index is 0.261. The molecule has 0 bridgehead atoms. The number of benzene rings is 2. The molecule has 0 radical (unpaired) electrons. The predicted molar refractivity (Wildman–Crippen MR) is 95.5 cm³/mol. The number of nitrogen functional groups attached to an aromatic ring is 3. The molecule has 1 heterocycles. The summed E-state index contributed by atoms with van der Waals surface area (Å²) in [5, 5.41) is 0. The van der Waals surface area contributed by atoms with Gasteiger partial charge in [-0.1, -0.05) is 36.4 Å². The van der Waals surface area contributed by atoms with Gasteiger partial charge in [0.1, 0.15) is 11.6 Å². The van der Waals surface area contributed by atoms with Gasteiger partial charge in [0.2, 0.25) is 0 Å². The monoisotopic (exact) mass is 323 g/mol. The summed E-state index contributed by atoms with van der Waals surface area (Å²) in [6.07, 6.45) is 0.566. The van der Waals surface area contributed by atoms with Crippen molar-refractivity contribution in [2.75, 3.05) is 16.9 Å². The quantitative estimate of drug-likeness (QED) is 0.437. The minimum atomic E-state index is -0.261. The lowest BCUT2D eigenvalue weighted by molar-refractivity contribution is 0.628. The first-order valence-electron chi connectivity index (χ1n) is 7.43. The zero-order chi connectivity index (χ0) is 17.1. The lowest BCUT2D eigenvalue weighted by Crippen LogP contribution is -2.13. The van der Waals surface area contributed by atoms with Crippen LogP contribution in [-0.4, -0.2) is 4.98 Å². The lowest BCUT2D eigenvalue weighted by Gasteiger charge is -2.12. The third kappa shape index (κ3) is 3.28. The second kappa shape index (κ2) is 6.55. The van der Waals surface area contributed by atoms with Gasteiger partial charge < -0.3 is 16.9 Å². The summed E-state index contributed by atoms with van der Waals surface area (Å²) in [6, 6.07) is 16.1. The molecule has 0 aliphatic rings. The van der Waals surface area contributed by atoms with E-state index in [9.17, 15) is 4.39 Å². The molecular weight excluding hydrogens is 305 g/mol. The van der Waals surface area contributed by atoms with E-state index in [-0.39, 0.29) is 5.82 Å². The van der Waals surface area contributed by atoms with Gasteiger partial charge in [-0.25, -0.2) is 15.2 Å². The molecule has 0 aliphatic heterocycles. The summed E-state index contributed by atoms with van der Waals surface area (Å²) in [7, 11) is 0. The Bertz CT molecular complexity index is 879. The highest BCUT2D eigenvalue weighted by Crippen LogP contribution is 2.27. The van der Waals surface area contributed by atoms with Crippen molar-refractivity contribution >= 4 is 17.3 Å². The van der Waals surface area contributed by atoms with E-state index in [1.165, 1.54) is 12.1 Å². The Balaban J connectivity index is 1.95. The van der Waals surface area contributed by atoms with Crippen molar-refractivity contribution in [2.45, 2.75) is 6.42 Å². The van der Waals surface area contributed by atoms with Crippen LogP contribution < -0.4 is 22.7 Å². The van der Waals surface area contributed by atoms with Gasteiger partial charge in [-0.05, 0) is 46.9 Å². The van der Waals surface area contributed by atoms with Crippen molar-refractivity contribution in [3.05, 3.63) is 71.5 Å². The number of pyridine rings is 1. The number of nitrogens with one attached hydrogen (secondary N) is 1. The standard InChI is InChI=1S/C18H18FN5/c19-15-6-2-5-13(9-15)12-4-1-3-11(7-12)8-14-10-16(20)23-18(24-22)17(14)21/h1-7,9-10H,8,21-22H2,(H3,20,23,24). The van der Waals surface area contributed by atoms with E-state index in [2.05, 4.69) is 10.4 Å². The van der Waals surface area contributed by atoms with E-state index in [1.807, 2.05) is 30.3 Å². The van der Waals surface area contributed by atoms with E-state index in [1.54, 1.807) is 12.1 Å². The van der Waals surface area contributed by atoms with Crippen LogP contribution in [0.25, 0.3) is 11.1 Å². The summed E-state index contributed by atoms with van der Waals surface area (Å²) in [6.45, 7) is 0. The Hall–Kier alpha value is -3.12. The zero-order valence-electron chi connectivity index (χ0n) is 13.0. The van der Waals surface area contributed by atoms with Gasteiger partial charge >= 0.3 is 0 Å². The lowest BCUT2D eigenvalue weighted by atomic mass is 9.98. The molecule has 1 aromatic heterocycles. The van der Waals surface area contributed by atoms with Gasteiger partial charge in [0, 0.05) is 0 Å². The van der Waals surface area contributed by atoms with Crippen LogP contribution in [-0.2, 0) is 6.42 Å². The SMILES string of the molecule is NNc1nc(N)cc(Cc2cccc(-c3cccc(F)c3)c2)c1N. The normalized spacial score (nSPS) is 10.6. The number of halogens is 1. The highest BCUT2D eigenvalue weighted by Gasteiger charge is 2.09. The molecular formula is C18H18FN5. The number of aromatic nitrogens is 1. The fraction of sp³-hybridized carbons (Fsp3) is 0.0556. The van der Waals surface area contributed by atoms with Crippen molar-refractivity contribution in [1.82, 2.24) is 4.98 Å². The van der Waals surface area contributed by atoms with Crippen LogP contribution in [0.15, 0.2) is 54.6 Å². The molecule has 3 aromatic rings. The van der Waals surface area contributed by atoms with Gasteiger partial charge in [0.25, 0.3) is 0 Å². The number of hydrogen-bond donors (Lipinski definition) is 4. The maximum atomic E-state index is 13.4. The zero-order valence-corrected chi connectivity index (χ0v) is 13.0. The first-order chi connectivity index (χ1) is 11.6. The molecule has 0 saturated carbocycles. The molecule has 3 rings (SSSR count). The van der Waals surface area contributed by atoms with Gasteiger partial charge in [0.15, 0.2) is 5.82 Å². The van der Waals surface area contributed by atoms with Gasteiger partial charge in [-0.2, -0.15) is 0 Å². The summed E-state index contributed by atoms with van der Waals surface area (Å²) < 4.78 is 13.4. The number of rotatable bonds is 4. The van der Waals surface area contributed by atoms with Crippen LogP contribution in [0, 0.1) is 5.82 Å². The van der Waals surface area contributed by atoms with E-state index in [0.717, 1.165) is 22.3 Å². The van der Waals surface area contributed by atoms with Crippen LogP contribution in [0.5, 0.6) is 0 Å². The number of anilines is 3.